The number of nitrogens with one attached hydrogen (secondary N) is 1. The first-order chi connectivity index (χ1) is 9.26. The molecule has 20 heavy (non-hydrogen) atoms. The van der Waals surface area contributed by atoms with E-state index in [1.807, 2.05) is 13.8 Å². The predicted octanol–water partition coefficient (Wildman–Crippen LogP) is 1.00. The average molecular weight is 284 g/mol. The van der Waals surface area contributed by atoms with Gasteiger partial charge < -0.3 is 10.4 Å². The number of hydrogen-bond donors (Lipinski definition) is 2. The van der Waals surface area contributed by atoms with Crippen LogP contribution in [0.4, 0.5) is 0 Å². The maximum absolute atomic E-state index is 11.9. The smallest absolute Gasteiger partial charge is 0.303 e. The monoisotopic (exact) mass is 284 g/mol. The molecule has 1 aliphatic rings. The van der Waals surface area contributed by atoms with Crippen LogP contribution in [-0.4, -0.2) is 46.9 Å². The molecule has 6 heteroatoms. The number of amides is 2. The Morgan fingerprint density at radius 3 is 2.55 bits per heavy atom. The number of carboxylic acids is 1. The summed E-state index contributed by atoms with van der Waals surface area (Å²) in [5.74, 6) is -1.07. The van der Waals surface area contributed by atoms with E-state index in [1.165, 1.54) is 4.90 Å². The Labute approximate surface area is 119 Å². The lowest BCUT2D eigenvalue weighted by molar-refractivity contribution is -0.139. The van der Waals surface area contributed by atoms with Crippen molar-refractivity contribution in [3.8, 4) is 0 Å². The van der Waals surface area contributed by atoms with Gasteiger partial charge in [-0.2, -0.15) is 0 Å². The van der Waals surface area contributed by atoms with E-state index in [4.69, 9.17) is 5.11 Å². The summed E-state index contributed by atoms with van der Waals surface area (Å²) in [6.45, 7) is 6.83. The minimum Gasteiger partial charge on any atom is -0.481 e. The van der Waals surface area contributed by atoms with Gasteiger partial charge in [-0.15, -0.1) is 0 Å². The van der Waals surface area contributed by atoms with Crippen molar-refractivity contribution in [3.63, 3.8) is 0 Å². The molecule has 114 valence electrons. The zero-order valence-corrected chi connectivity index (χ0v) is 12.4. The lowest BCUT2D eigenvalue weighted by Gasteiger charge is -2.24. The van der Waals surface area contributed by atoms with Gasteiger partial charge in [0.05, 0.1) is 12.5 Å². The number of likely N-dealkylation sites (tertiary alicyclic amines) is 1. The molecule has 1 unspecified atom stereocenters. The standard InChI is InChI=1S/C14H24N2O4/c1-4-16-11(17)9-10(13(16)20)15-8-7-14(2,3)6-5-12(18)19/h10,15H,4-9H2,1-3H3,(H,18,19). The van der Waals surface area contributed by atoms with Crippen LogP contribution in [0.15, 0.2) is 0 Å². The molecule has 6 nitrogen and oxygen atoms in total. The average Bonchev–Trinajstić information content (AvgIpc) is 2.62. The van der Waals surface area contributed by atoms with Crippen molar-refractivity contribution in [1.29, 1.82) is 0 Å². The molecular formula is C14H24N2O4. The lowest BCUT2D eigenvalue weighted by atomic mass is 9.84. The topological polar surface area (TPSA) is 86.7 Å². The summed E-state index contributed by atoms with van der Waals surface area (Å²) in [6.07, 6.45) is 1.74. The zero-order valence-electron chi connectivity index (χ0n) is 12.4. The van der Waals surface area contributed by atoms with Gasteiger partial charge in [0.25, 0.3) is 0 Å². The fraction of sp³-hybridized carbons (Fsp3) is 0.786. The van der Waals surface area contributed by atoms with Gasteiger partial charge >= 0.3 is 5.97 Å². The number of carbonyl (C=O) groups is 3. The van der Waals surface area contributed by atoms with Crippen LogP contribution in [0.1, 0.15) is 46.5 Å². The number of carbonyl (C=O) groups excluding carboxylic acids is 2. The Kier molecular flexibility index (Phi) is 5.68. The van der Waals surface area contributed by atoms with Gasteiger partial charge in [0.1, 0.15) is 0 Å². The van der Waals surface area contributed by atoms with Crippen molar-refractivity contribution in [2.75, 3.05) is 13.1 Å². The minimum atomic E-state index is -0.791. The van der Waals surface area contributed by atoms with Crippen molar-refractivity contribution >= 4 is 17.8 Å². The molecule has 0 spiro atoms. The molecule has 2 amide bonds. The number of hydrogen-bond acceptors (Lipinski definition) is 4. The zero-order chi connectivity index (χ0) is 15.3. The molecule has 1 rings (SSSR count). The molecule has 0 aromatic rings. The highest BCUT2D eigenvalue weighted by atomic mass is 16.4. The van der Waals surface area contributed by atoms with Gasteiger partial charge in [0.15, 0.2) is 0 Å². The largest absolute Gasteiger partial charge is 0.481 e. The van der Waals surface area contributed by atoms with Crippen LogP contribution in [0.2, 0.25) is 0 Å². The van der Waals surface area contributed by atoms with Gasteiger partial charge in [-0.1, -0.05) is 13.8 Å². The van der Waals surface area contributed by atoms with E-state index in [-0.39, 0.29) is 30.1 Å². The molecule has 1 saturated heterocycles. The third-order valence-corrected chi connectivity index (χ3v) is 3.77. The van der Waals surface area contributed by atoms with Crippen LogP contribution in [-0.2, 0) is 14.4 Å². The predicted molar refractivity (Wildman–Crippen MR) is 74.1 cm³/mol. The number of rotatable bonds is 8. The molecule has 1 fully saturated rings. The normalized spacial score (nSPS) is 19.8. The fourth-order valence-corrected chi connectivity index (χ4v) is 2.33. The third-order valence-electron chi connectivity index (χ3n) is 3.77. The van der Waals surface area contributed by atoms with Crippen LogP contribution in [0.3, 0.4) is 0 Å². The second-order valence-electron chi connectivity index (χ2n) is 6.00. The highest BCUT2D eigenvalue weighted by Crippen LogP contribution is 2.26. The summed E-state index contributed by atoms with van der Waals surface area (Å²) in [7, 11) is 0. The molecule has 0 bridgehead atoms. The van der Waals surface area contributed by atoms with E-state index in [1.54, 1.807) is 6.92 Å². The fourth-order valence-electron chi connectivity index (χ4n) is 2.33. The van der Waals surface area contributed by atoms with Gasteiger partial charge in [0, 0.05) is 13.0 Å². The van der Waals surface area contributed by atoms with Crippen LogP contribution < -0.4 is 5.32 Å². The first-order valence-electron chi connectivity index (χ1n) is 7.06. The number of aliphatic carboxylic acids is 1. The molecule has 0 aromatic heterocycles. The van der Waals surface area contributed by atoms with E-state index < -0.39 is 12.0 Å². The van der Waals surface area contributed by atoms with Crippen LogP contribution in [0.5, 0.6) is 0 Å². The second-order valence-corrected chi connectivity index (χ2v) is 6.00. The molecule has 0 radical (unpaired) electrons. The SMILES string of the molecule is CCN1C(=O)CC(NCCC(C)(C)CCC(=O)O)C1=O. The number of nitrogens with zero attached hydrogens (tertiary/aromatic N) is 1. The molecular weight excluding hydrogens is 260 g/mol. The first kappa shape index (κ1) is 16.6. The highest BCUT2D eigenvalue weighted by Gasteiger charge is 2.37. The Balaban J connectivity index is 2.36. The number of carboxylic acid groups (broad SMARTS) is 1. The van der Waals surface area contributed by atoms with Crippen molar-refractivity contribution in [2.45, 2.75) is 52.5 Å². The van der Waals surface area contributed by atoms with Crippen molar-refractivity contribution in [2.24, 2.45) is 5.41 Å². The van der Waals surface area contributed by atoms with Crippen molar-refractivity contribution < 1.29 is 19.5 Å². The summed E-state index contributed by atoms with van der Waals surface area (Å²) >= 11 is 0. The minimum absolute atomic E-state index is 0.0957. The van der Waals surface area contributed by atoms with Gasteiger partial charge in [-0.3, -0.25) is 19.3 Å². The first-order valence-corrected chi connectivity index (χ1v) is 7.06. The molecule has 0 aromatic carbocycles. The van der Waals surface area contributed by atoms with Crippen LogP contribution >= 0.6 is 0 Å². The van der Waals surface area contributed by atoms with Crippen LogP contribution in [0.25, 0.3) is 0 Å². The van der Waals surface area contributed by atoms with E-state index in [0.29, 0.717) is 19.5 Å². The Bertz CT molecular complexity index is 393. The number of likely N-dealkylation sites (N-methyl/N-ethyl adjacent to an activating group) is 1. The van der Waals surface area contributed by atoms with E-state index in [9.17, 15) is 14.4 Å². The van der Waals surface area contributed by atoms with E-state index in [2.05, 4.69) is 5.32 Å². The number of imide groups is 1. The van der Waals surface area contributed by atoms with Crippen molar-refractivity contribution in [1.82, 2.24) is 10.2 Å². The second kappa shape index (κ2) is 6.83. The third kappa shape index (κ3) is 4.59. The van der Waals surface area contributed by atoms with E-state index >= 15 is 0 Å². The summed E-state index contributed by atoms with van der Waals surface area (Å²) in [5, 5.41) is 11.8. The molecule has 0 aliphatic carbocycles. The Morgan fingerprint density at radius 2 is 2.05 bits per heavy atom. The van der Waals surface area contributed by atoms with Gasteiger partial charge in [-0.05, 0) is 31.7 Å². The Hall–Kier alpha value is -1.43. The maximum Gasteiger partial charge on any atom is 0.303 e. The summed E-state index contributed by atoms with van der Waals surface area (Å²) in [4.78, 5) is 35.3. The molecule has 1 atom stereocenters. The van der Waals surface area contributed by atoms with Crippen molar-refractivity contribution in [3.05, 3.63) is 0 Å². The highest BCUT2D eigenvalue weighted by molar-refractivity contribution is 6.05. The quantitative estimate of drug-likeness (QED) is 0.649. The lowest BCUT2D eigenvalue weighted by Crippen LogP contribution is -2.39. The molecule has 1 aliphatic heterocycles. The maximum atomic E-state index is 11.9. The summed E-state index contributed by atoms with van der Waals surface area (Å²) in [6, 6.07) is -0.419. The molecule has 2 N–H and O–H groups in total. The molecule has 1 heterocycles. The molecule has 0 saturated carbocycles. The van der Waals surface area contributed by atoms with E-state index in [0.717, 1.165) is 6.42 Å². The van der Waals surface area contributed by atoms with Gasteiger partial charge in [0.2, 0.25) is 11.8 Å². The van der Waals surface area contributed by atoms with Crippen LogP contribution in [0, 0.1) is 5.41 Å². The van der Waals surface area contributed by atoms with Gasteiger partial charge in [-0.25, -0.2) is 0 Å². The Morgan fingerprint density at radius 1 is 1.40 bits per heavy atom. The summed E-state index contributed by atoms with van der Waals surface area (Å²) in [5.41, 5.74) is -0.0957. The summed E-state index contributed by atoms with van der Waals surface area (Å²) < 4.78 is 0.